The van der Waals surface area contributed by atoms with Crippen molar-refractivity contribution in [1.29, 1.82) is 0 Å². The van der Waals surface area contributed by atoms with E-state index in [1.165, 1.54) is 28.7 Å². The third-order valence-electron chi connectivity index (χ3n) is 4.78. The van der Waals surface area contributed by atoms with E-state index in [-0.39, 0.29) is 25.6 Å². The molecule has 0 aliphatic rings. The van der Waals surface area contributed by atoms with Crippen LogP contribution in [0.2, 0.25) is 0 Å². The van der Waals surface area contributed by atoms with Crippen molar-refractivity contribution in [1.82, 2.24) is 34.2 Å². The Bertz CT molecular complexity index is 1190. The summed E-state index contributed by atoms with van der Waals surface area (Å²) in [6.45, 7) is 1.20. The molecule has 2 N–H and O–H groups in total. The van der Waals surface area contributed by atoms with Crippen molar-refractivity contribution in [3.8, 4) is 22.5 Å². The molecular formula is C19H21ClF3N7O2. The van der Waals surface area contributed by atoms with Crippen LogP contribution in [0.25, 0.3) is 28.0 Å². The number of halogens is 4. The largest absolute Gasteiger partial charge is 0.394 e. The second kappa shape index (κ2) is 9.27. The van der Waals surface area contributed by atoms with Crippen LogP contribution in [0.1, 0.15) is 19.4 Å². The number of rotatable bonds is 7. The number of hydrogen-bond acceptors (Lipinski definition) is 6. The Kier molecular flexibility index (Phi) is 6.86. The smallest absolute Gasteiger partial charge is 0.391 e. The van der Waals surface area contributed by atoms with E-state index in [1.54, 1.807) is 35.4 Å². The van der Waals surface area contributed by atoms with Crippen LogP contribution < -0.4 is 0 Å². The molecular weight excluding hydrogens is 451 g/mol. The molecule has 4 rings (SSSR count). The van der Waals surface area contributed by atoms with E-state index in [4.69, 9.17) is 5.11 Å². The van der Waals surface area contributed by atoms with Gasteiger partial charge in [0, 0.05) is 23.5 Å². The summed E-state index contributed by atoms with van der Waals surface area (Å²) in [6.07, 6.45) is 3.37. The Morgan fingerprint density at radius 2 is 1.81 bits per heavy atom. The minimum atomic E-state index is -4.29. The summed E-state index contributed by atoms with van der Waals surface area (Å²) < 4.78 is 42.6. The normalized spacial score (nSPS) is 13.8. The zero-order chi connectivity index (χ0) is 22.2. The van der Waals surface area contributed by atoms with Crippen LogP contribution in [0.5, 0.6) is 0 Å². The number of nitrogens with zero attached hydrogens (tertiary/aromatic N) is 7. The lowest BCUT2D eigenvalue weighted by atomic mass is 10.2. The zero-order valence-corrected chi connectivity index (χ0v) is 17.7. The maximum absolute atomic E-state index is 12.7. The van der Waals surface area contributed by atoms with Crippen LogP contribution in [-0.4, -0.2) is 63.3 Å². The van der Waals surface area contributed by atoms with E-state index in [9.17, 15) is 18.3 Å². The molecule has 0 aromatic carbocycles. The van der Waals surface area contributed by atoms with Crippen LogP contribution in [0.3, 0.4) is 0 Å². The standard InChI is InChI=1S/C19H20F3N7O2.ClH/c1-12(4-19(20,21)22)28-8-14(6-25-28)18-17-2-3-23-29(17)10-16(26-18)13-5-24-27(7-13)9-15(31)11-30;/h2-3,5-8,10,12,15,30-31H,4,9,11H2,1H3;1H/t12-,15-;/m1./s1. The van der Waals surface area contributed by atoms with Crippen molar-refractivity contribution in [3.05, 3.63) is 43.2 Å². The molecule has 2 atom stereocenters. The van der Waals surface area contributed by atoms with Gasteiger partial charge in [-0.1, -0.05) is 0 Å². The molecule has 13 heteroatoms. The molecule has 0 unspecified atom stereocenters. The Hall–Kier alpha value is -2.96. The van der Waals surface area contributed by atoms with E-state index in [1.807, 2.05) is 0 Å². The van der Waals surface area contributed by atoms with Crippen LogP contribution in [0, 0.1) is 0 Å². The number of aromatic nitrogens is 7. The van der Waals surface area contributed by atoms with Crippen LogP contribution in [0.4, 0.5) is 13.2 Å². The molecule has 0 saturated carbocycles. The van der Waals surface area contributed by atoms with Crippen molar-refractivity contribution in [2.45, 2.75) is 38.2 Å². The highest BCUT2D eigenvalue weighted by Gasteiger charge is 2.31. The number of hydrogen-bond donors (Lipinski definition) is 2. The lowest BCUT2D eigenvalue weighted by Crippen LogP contribution is -2.19. The fourth-order valence-electron chi connectivity index (χ4n) is 3.28. The van der Waals surface area contributed by atoms with Gasteiger partial charge in [0.25, 0.3) is 0 Å². The highest BCUT2D eigenvalue weighted by molar-refractivity contribution is 5.85. The predicted octanol–water partition coefficient (Wildman–Crippen LogP) is 2.74. The fraction of sp³-hybridized carbons (Fsp3) is 0.368. The molecule has 0 aliphatic carbocycles. The van der Waals surface area contributed by atoms with Gasteiger partial charge in [-0.2, -0.15) is 28.5 Å². The van der Waals surface area contributed by atoms with Crippen molar-refractivity contribution in [2.75, 3.05) is 6.61 Å². The first kappa shape index (κ1) is 23.7. The van der Waals surface area contributed by atoms with Crippen LogP contribution in [-0.2, 0) is 6.54 Å². The third-order valence-corrected chi connectivity index (χ3v) is 4.78. The number of fused-ring (bicyclic) bond motifs is 1. The van der Waals surface area contributed by atoms with E-state index < -0.39 is 24.7 Å². The van der Waals surface area contributed by atoms with Gasteiger partial charge < -0.3 is 10.2 Å². The fourth-order valence-corrected chi connectivity index (χ4v) is 3.28. The first-order valence-electron chi connectivity index (χ1n) is 9.51. The lowest BCUT2D eigenvalue weighted by molar-refractivity contribution is -0.142. The van der Waals surface area contributed by atoms with Crippen molar-refractivity contribution >= 4 is 17.9 Å². The SMILES string of the molecule is C[C@H](CC(F)(F)F)n1cc(-c2nc(-c3cnn(C[C@@H](O)CO)c3)cn3nccc23)cn1.Cl. The summed E-state index contributed by atoms with van der Waals surface area (Å²) in [5.41, 5.74) is 2.94. The molecule has 32 heavy (non-hydrogen) atoms. The topological polar surface area (TPSA) is 106 Å². The molecule has 0 saturated heterocycles. The molecule has 0 bridgehead atoms. The van der Waals surface area contributed by atoms with Crippen molar-refractivity contribution in [2.24, 2.45) is 0 Å². The van der Waals surface area contributed by atoms with E-state index in [0.29, 0.717) is 28.0 Å². The maximum atomic E-state index is 12.7. The quantitative estimate of drug-likeness (QED) is 0.429. The van der Waals surface area contributed by atoms with Crippen LogP contribution in [0.15, 0.2) is 43.2 Å². The van der Waals surface area contributed by atoms with Crippen LogP contribution >= 0.6 is 12.4 Å². The minimum absolute atomic E-state index is 0. The van der Waals surface area contributed by atoms with Gasteiger partial charge >= 0.3 is 6.18 Å². The van der Waals surface area contributed by atoms with Gasteiger partial charge in [-0.05, 0) is 13.0 Å². The van der Waals surface area contributed by atoms with Crippen molar-refractivity contribution in [3.63, 3.8) is 0 Å². The second-order valence-electron chi connectivity index (χ2n) is 7.30. The van der Waals surface area contributed by atoms with Gasteiger partial charge in [-0.3, -0.25) is 9.36 Å². The van der Waals surface area contributed by atoms with E-state index >= 15 is 0 Å². The zero-order valence-electron chi connectivity index (χ0n) is 16.9. The van der Waals surface area contributed by atoms with Gasteiger partial charge in [-0.25, -0.2) is 9.50 Å². The lowest BCUT2D eigenvalue weighted by Gasteiger charge is -2.14. The maximum Gasteiger partial charge on any atom is 0.391 e. The molecule has 0 radical (unpaired) electrons. The third kappa shape index (κ3) is 5.09. The van der Waals surface area contributed by atoms with Gasteiger partial charge in [0.1, 0.15) is 0 Å². The average Bonchev–Trinajstić information content (AvgIpc) is 3.45. The average molecular weight is 472 g/mol. The highest BCUT2D eigenvalue weighted by Crippen LogP contribution is 2.30. The molecule has 0 fully saturated rings. The molecule has 172 valence electrons. The first-order valence-corrected chi connectivity index (χ1v) is 9.51. The molecule has 0 spiro atoms. The number of aliphatic hydroxyl groups excluding tert-OH is 2. The number of aliphatic hydroxyl groups is 2. The Morgan fingerprint density at radius 3 is 2.53 bits per heavy atom. The number of alkyl halides is 3. The second-order valence-corrected chi connectivity index (χ2v) is 7.30. The highest BCUT2D eigenvalue weighted by atomic mass is 35.5. The predicted molar refractivity (Wildman–Crippen MR) is 111 cm³/mol. The monoisotopic (exact) mass is 471 g/mol. The Morgan fingerprint density at radius 1 is 1.06 bits per heavy atom. The summed E-state index contributed by atoms with van der Waals surface area (Å²) >= 11 is 0. The summed E-state index contributed by atoms with van der Waals surface area (Å²) in [7, 11) is 0. The summed E-state index contributed by atoms with van der Waals surface area (Å²) in [5, 5.41) is 31.1. The molecule has 4 heterocycles. The molecule has 9 nitrogen and oxygen atoms in total. The van der Waals surface area contributed by atoms with E-state index in [2.05, 4.69) is 20.3 Å². The van der Waals surface area contributed by atoms with Crippen molar-refractivity contribution < 1.29 is 23.4 Å². The summed E-state index contributed by atoms with van der Waals surface area (Å²) in [6, 6.07) is 0.901. The molecule has 4 aromatic rings. The van der Waals surface area contributed by atoms with Gasteiger partial charge in [0.2, 0.25) is 0 Å². The summed E-state index contributed by atoms with van der Waals surface area (Å²) in [5.74, 6) is 0. The molecule has 0 aliphatic heterocycles. The molecule has 4 aromatic heterocycles. The van der Waals surface area contributed by atoms with Gasteiger partial charge in [0.15, 0.2) is 0 Å². The van der Waals surface area contributed by atoms with Gasteiger partial charge in [-0.15, -0.1) is 12.4 Å². The summed E-state index contributed by atoms with van der Waals surface area (Å²) in [4.78, 5) is 4.67. The minimum Gasteiger partial charge on any atom is -0.394 e. The van der Waals surface area contributed by atoms with E-state index in [0.717, 1.165) is 0 Å². The molecule has 0 amide bonds. The first-order chi connectivity index (χ1) is 14.7. The van der Waals surface area contributed by atoms with Gasteiger partial charge in [0.05, 0.1) is 73.4 Å². The Balaban J connectivity index is 0.00000289. The Labute approximate surface area is 186 Å².